The number of halogens is 1. The summed E-state index contributed by atoms with van der Waals surface area (Å²) in [6.07, 6.45) is 9.75. The van der Waals surface area contributed by atoms with Crippen LogP contribution in [0.4, 0.5) is 0 Å². The molecule has 1 unspecified atom stereocenters. The van der Waals surface area contributed by atoms with Crippen molar-refractivity contribution < 1.29 is 4.74 Å². The van der Waals surface area contributed by atoms with Crippen molar-refractivity contribution in [3.63, 3.8) is 0 Å². The van der Waals surface area contributed by atoms with Gasteiger partial charge in [-0.25, -0.2) is 0 Å². The van der Waals surface area contributed by atoms with Crippen LogP contribution >= 0.6 is 24.0 Å². The molecule has 1 N–H and O–H groups in total. The van der Waals surface area contributed by atoms with Gasteiger partial charge in [0.15, 0.2) is 5.96 Å². The van der Waals surface area contributed by atoms with Crippen molar-refractivity contribution in [3.05, 3.63) is 0 Å². The molecule has 1 atom stereocenters. The minimum absolute atomic E-state index is 0. The Bertz CT molecular complexity index is 381. The molecule has 0 spiro atoms. The van der Waals surface area contributed by atoms with Gasteiger partial charge in [-0.15, -0.1) is 24.0 Å². The lowest BCUT2D eigenvalue weighted by Gasteiger charge is -2.32. The summed E-state index contributed by atoms with van der Waals surface area (Å²) in [4.78, 5) is 9.54. The lowest BCUT2D eigenvalue weighted by atomic mass is 10.0. The lowest BCUT2D eigenvalue weighted by molar-refractivity contribution is 0.0195. The van der Waals surface area contributed by atoms with Crippen LogP contribution in [0.5, 0.6) is 0 Å². The summed E-state index contributed by atoms with van der Waals surface area (Å²) in [5, 5.41) is 3.59. The standard InChI is InChI=1S/C18H34N4O.HI/c1-19-18(20-9-4-7-16-5-2-3-6-16)22-10-8-17(15-22)21-11-13-23-14-12-21;/h16-17H,2-15H2,1H3,(H,19,20);1H. The van der Waals surface area contributed by atoms with Gasteiger partial charge in [0.1, 0.15) is 0 Å². The first-order valence-electron chi connectivity index (χ1n) is 9.64. The molecule has 2 saturated heterocycles. The van der Waals surface area contributed by atoms with Crippen LogP contribution in [-0.4, -0.2) is 74.8 Å². The molecule has 0 aromatic rings. The van der Waals surface area contributed by atoms with Gasteiger partial charge in [0.25, 0.3) is 0 Å². The SMILES string of the molecule is CN=C(NCCCC1CCCC1)N1CCC(N2CCOCC2)C1.I. The highest BCUT2D eigenvalue weighted by molar-refractivity contribution is 14.0. The van der Waals surface area contributed by atoms with Crippen molar-refractivity contribution in [2.75, 3.05) is 53.0 Å². The normalized spacial score (nSPS) is 26.6. The quantitative estimate of drug-likeness (QED) is 0.303. The molecule has 0 aromatic carbocycles. The predicted molar refractivity (Wildman–Crippen MR) is 110 cm³/mol. The van der Waals surface area contributed by atoms with E-state index in [1.54, 1.807) is 0 Å². The van der Waals surface area contributed by atoms with E-state index < -0.39 is 0 Å². The predicted octanol–water partition coefficient (Wildman–Crippen LogP) is 2.56. The fourth-order valence-corrected chi connectivity index (χ4v) is 4.40. The van der Waals surface area contributed by atoms with Gasteiger partial charge < -0.3 is 15.0 Å². The molecule has 0 amide bonds. The minimum Gasteiger partial charge on any atom is -0.379 e. The van der Waals surface area contributed by atoms with E-state index in [2.05, 4.69) is 20.1 Å². The summed E-state index contributed by atoms with van der Waals surface area (Å²) < 4.78 is 5.47. The molecule has 2 aliphatic heterocycles. The van der Waals surface area contributed by atoms with E-state index in [-0.39, 0.29) is 24.0 Å². The summed E-state index contributed by atoms with van der Waals surface area (Å²) in [6, 6.07) is 0.677. The molecule has 140 valence electrons. The molecule has 6 heteroatoms. The number of guanidine groups is 1. The van der Waals surface area contributed by atoms with Gasteiger partial charge >= 0.3 is 0 Å². The van der Waals surface area contributed by atoms with E-state index in [4.69, 9.17) is 4.74 Å². The average Bonchev–Trinajstić information content (AvgIpc) is 3.27. The highest BCUT2D eigenvalue weighted by Gasteiger charge is 2.30. The Kier molecular flexibility index (Phi) is 9.11. The largest absolute Gasteiger partial charge is 0.379 e. The number of ether oxygens (including phenoxy) is 1. The number of morpholine rings is 1. The summed E-state index contributed by atoms with van der Waals surface area (Å²) in [5.41, 5.74) is 0. The third kappa shape index (κ3) is 5.73. The number of nitrogens with one attached hydrogen (secondary N) is 1. The molecule has 1 saturated carbocycles. The van der Waals surface area contributed by atoms with Crippen molar-refractivity contribution in [1.29, 1.82) is 0 Å². The Hall–Kier alpha value is -0.0800. The smallest absolute Gasteiger partial charge is 0.193 e. The van der Waals surface area contributed by atoms with Crippen LogP contribution in [0, 0.1) is 5.92 Å². The molecule has 24 heavy (non-hydrogen) atoms. The molecular weight excluding hydrogens is 415 g/mol. The number of rotatable bonds is 5. The number of nitrogens with zero attached hydrogens (tertiary/aromatic N) is 3. The van der Waals surface area contributed by atoms with Crippen LogP contribution in [-0.2, 0) is 4.74 Å². The van der Waals surface area contributed by atoms with Crippen LogP contribution in [0.3, 0.4) is 0 Å². The number of likely N-dealkylation sites (tertiary alicyclic amines) is 1. The summed E-state index contributed by atoms with van der Waals surface area (Å²) in [5.74, 6) is 2.10. The first kappa shape index (κ1) is 20.2. The first-order valence-corrected chi connectivity index (χ1v) is 9.64. The second-order valence-electron chi connectivity index (χ2n) is 7.30. The van der Waals surface area contributed by atoms with Crippen molar-refractivity contribution >= 4 is 29.9 Å². The zero-order valence-electron chi connectivity index (χ0n) is 15.2. The zero-order valence-corrected chi connectivity index (χ0v) is 17.5. The van der Waals surface area contributed by atoms with Crippen LogP contribution in [0.25, 0.3) is 0 Å². The van der Waals surface area contributed by atoms with Gasteiger partial charge in [0.2, 0.25) is 0 Å². The van der Waals surface area contributed by atoms with E-state index in [9.17, 15) is 0 Å². The molecular formula is C18H35IN4O. The maximum absolute atomic E-state index is 5.47. The van der Waals surface area contributed by atoms with Crippen LogP contribution in [0.2, 0.25) is 0 Å². The molecule has 2 heterocycles. The molecule has 0 bridgehead atoms. The average molecular weight is 450 g/mol. The molecule has 3 rings (SSSR count). The highest BCUT2D eigenvalue weighted by atomic mass is 127. The summed E-state index contributed by atoms with van der Waals surface area (Å²) in [7, 11) is 1.92. The zero-order chi connectivity index (χ0) is 15.9. The Balaban J connectivity index is 0.00000208. The third-order valence-corrected chi connectivity index (χ3v) is 5.78. The van der Waals surface area contributed by atoms with E-state index >= 15 is 0 Å². The molecule has 3 fully saturated rings. The molecule has 5 nitrogen and oxygen atoms in total. The molecule has 1 aliphatic carbocycles. The minimum atomic E-state index is 0. The van der Waals surface area contributed by atoms with E-state index in [1.807, 2.05) is 7.05 Å². The van der Waals surface area contributed by atoms with Gasteiger partial charge in [-0.3, -0.25) is 9.89 Å². The van der Waals surface area contributed by atoms with E-state index in [1.165, 1.54) is 44.9 Å². The van der Waals surface area contributed by atoms with Crippen molar-refractivity contribution in [2.24, 2.45) is 10.9 Å². The van der Waals surface area contributed by atoms with Crippen LogP contribution < -0.4 is 5.32 Å². The lowest BCUT2D eigenvalue weighted by Crippen LogP contribution is -2.46. The second kappa shape index (κ2) is 10.8. The Morgan fingerprint density at radius 2 is 1.88 bits per heavy atom. The molecule has 0 radical (unpaired) electrons. The third-order valence-electron chi connectivity index (χ3n) is 5.78. The van der Waals surface area contributed by atoms with Gasteiger partial charge in [-0.2, -0.15) is 0 Å². The van der Waals surface area contributed by atoms with E-state index in [0.717, 1.165) is 57.8 Å². The second-order valence-corrected chi connectivity index (χ2v) is 7.30. The van der Waals surface area contributed by atoms with Crippen molar-refractivity contribution in [3.8, 4) is 0 Å². The number of hydrogen-bond donors (Lipinski definition) is 1. The fourth-order valence-electron chi connectivity index (χ4n) is 4.40. The van der Waals surface area contributed by atoms with Crippen molar-refractivity contribution in [2.45, 2.75) is 51.0 Å². The van der Waals surface area contributed by atoms with Gasteiger partial charge in [0.05, 0.1) is 13.2 Å². The Labute approximate surface area is 164 Å². The molecule has 0 aromatic heterocycles. The van der Waals surface area contributed by atoms with Gasteiger partial charge in [0, 0.05) is 45.8 Å². The molecule has 3 aliphatic rings. The maximum Gasteiger partial charge on any atom is 0.193 e. The fraction of sp³-hybridized carbons (Fsp3) is 0.944. The summed E-state index contributed by atoms with van der Waals surface area (Å²) >= 11 is 0. The summed E-state index contributed by atoms with van der Waals surface area (Å²) in [6.45, 7) is 7.28. The highest BCUT2D eigenvalue weighted by Crippen LogP contribution is 2.28. The Morgan fingerprint density at radius 3 is 2.58 bits per heavy atom. The number of aliphatic imine (C=N–C) groups is 1. The topological polar surface area (TPSA) is 40.1 Å². The van der Waals surface area contributed by atoms with Gasteiger partial charge in [-0.1, -0.05) is 25.7 Å². The van der Waals surface area contributed by atoms with Crippen molar-refractivity contribution in [1.82, 2.24) is 15.1 Å². The monoisotopic (exact) mass is 450 g/mol. The van der Waals surface area contributed by atoms with Crippen LogP contribution in [0.1, 0.15) is 44.9 Å². The number of hydrogen-bond acceptors (Lipinski definition) is 3. The van der Waals surface area contributed by atoms with Crippen LogP contribution in [0.15, 0.2) is 4.99 Å². The Morgan fingerprint density at radius 1 is 1.12 bits per heavy atom. The maximum atomic E-state index is 5.47. The van der Waals surface area contributed by atoms with Gasteiger partial charge in [-0.05, 0) is 25.2 Å². The van der Waals surface area contributed by atoms with E-state index in [0.29, 0.717) is 6.04 Å². The first-order chi connectivity index (χ1) is 11.4.